The number of aromatic amines is 1. The largest absolute Gasteiger partial charge is 0.330 e. The predicted molar refractivity (Wildman–Crippen MR) is 66.4 cm³/mol. The molecule has 0 saturated carbocycles. The number of halogens is 2. The van der Waals surface area contributed by atoms with E-state index in [1.54, 1.807) is 0 Å². The molecule has 0 aliphatic carbocycles. The van der Waals surface area contributed by atoms with Crippen molar-refractivity contribution in [1.82, 2.24) is 9.97 Å². The average molecular weight is 343 g/mol. The van der Waals surface area contributed by atoms with Gasteiger partial charge in [0.1, 0.15) is 4.21 Å². The van der Waals surface area contributed by atoms with Crippen LogP contribution in [0.15, 0.2) is 26.5 Å². The van der Waals surface area contributed by atoms with Crippen molar-refractivity contribution in [2.45, 2.75) is 4.21 Å². The second-order valence-corrected chi connectivity index (χ2v) is 7.42. The van der Waals surface area contributed by atoms with Crippen LogP contribution in [0.4, 0.5) is 5.95 Å². The van der Waals surface area contributed by atoms with Gasteiger partial charge in [-0.05, 0) is 22.0 Å². The van der Waals surface area contributed by atoms with Gasteiger partial charge in [-0.25, -0.2) is 18.1 Å². The van der Waals surface area contributed by atoms with Crippen molar-refractivity contribution in [2.75, 3.05) is 4.72 Å². The minimum atomic E-state index is -3.62. The molecule has 5 nitrogen and oxygen atoms in total. The molecule has 2 rings (SSSR count). The van der Waals surface area contributed by atoms with E-state index in [1.165, 1.54) is 18.5 Å². The van der Waals surface area contributed by atoms with Crippen LogP contribution < -0.4 is 4.72 Å². The number of hydrogen-bond acceptors (Lipinski definition) is 4. The maximum absolute atomic E-state index is 11.8. The quantitative estimate of drug-likeness (QED) is 0.900. The van der Waals surface area contributed by atoms with E-state index < -0.39 is 10.0 Å². The fraction of sp³-hybridized carbons (Fsp3) is 0. The standard InChI is InChI=1S/C7H5BrClN3O2S2/c8-6-4(9)3-5(15-6)16(13,14)12-7-10-1-2-11-7/h1-3H,(H2,10,11,12). The zero-order chi connectivity index (χ0) is 11.8. The fourth-order valence-electron chi connectivity index (χ4n) is 0.958. The molecule has 0 fully saturated rings. The van der Waals surface area contributed by atoms with Crippen molar-refractivity contribution in [3.8, 4) is 0 Å². The molecule has 16 heavy (non-hydrogen) atoms. The van der Waals surface area contributed by atoms with Crippen molar-refractivity contribution >= 4 is 54.8 Å². The Morgan fingerprint density at radius 3 is 2.81 bits per heavy atom. The highest BCUT2D eigenvalue weighted by Crippen LogP contribution is 2.34. The fourth-order valence-corrected chi connectivity index (χ4v) is 4.33. The number of imidazole rings is 1. The number of nitrogens with zero attached hydrogens (tertiary/aromatic N) is 1. The summed E-state index contributed by atoms with van der Waals surface area (Å²) < 4.78 is 26.6. The second kappa shape index (κ2) is 4.36. The van der Waals surface area contributed by atoms with Crippen LogP contribution >= 0.6 is 38.9 Å². The first-order valence-corrected chi connectivity index (χ1v) is 7.43. The maximum Gasteiger partial charge on any atom is 0.273 e. The van der Waals surface area contributed by atoms with Crippen LogP contribution in [0.5, 0.6) is 0 Å². The first kappa shape index (κ1) is 11.9. The van der Waals surface area contributed by atoms with Crippen LogP contribution in [0, 0.1) is 0 Å². The molecule has 0 bridgehead atoms. The van der Waals surface area contributed by atoms with Gasteiger partial charge in [-0.15, -0.1) is 11.3 Å². The molecule has 0 aliphatic heterocycles. The van der Waals surface area contributed by atoms with Crippen LogP contribution in [0.1, 0.15) is 0 Å². The van der Waals surface area contributed by atoms with Crippen molar-refractivity contribution in [3.63, 3.8) is 0 Å². The third-order valence-corrected chi connectivity index (χ3v) is 5.90. The summed E-state index contributed by atoms with van der Waals surface area (Å²) in [5.41, 5.74) is 0. The number of thiophene rings is 1. The molecule has 0 atom stereocenters. The minimum Gasteiger partial charge on any atom is -0.330 e. The number of rotatable bonds is 3. The van der Waals surface area contributed by atoms with Crippen molar-refractivity contribution in [3.05, 3.63) is 27.3 Å². The molecule has 0 unspecified atom stereocenters. The van der Waals surface area contributed by atoms with Gasteiger partial charge in [-0.2, -0.15) is 0 Å². The Labute approximate surface area is 109 Å². The lowest BCUT2D eigenvalue weighted by atomic mass is 10.7. The summed E-state index contributed by atoms with van der Waals surface area (Å²) >= 11 is 9.96. The zero-order valence-corrected chi connectivity index (χ0v) is 11.5. The Hall–Kier alpha value is -0.570. The highest BCUT2D eigenvalue weighted by atomic mass is 79.9. The molecule has 0 aromatic carbocycles. The summed E-state index contributed by atoms with van der Waals surface area (Å²) in [6.07, 6.45) is 2.98. The lowest BCUT2D eigenvalue weighted by molar-refractivity contribution is 0.603. The molecule has 2 heterocycles. The maximum atomic E-state index is 11.8. The van der Waals surface area contributed by atoms with Gasteiger partial charge in [0.15, 0.2) is 0 Å². The molecule has 2 N–H and O–H groups in total. The normalized spacial score (nSPS) is 11.6. The number of aromatic nitrogens is 2. The number of hydrogen-bond donors (Lipinski definition) is 2. The topological polar surface area (TPSA) is 74.8 Å². The lowest BCUT2D eigenvalue weighted by Gasteiger charge is -2.01. The Kier molecular flexibility index (Phi) is 3.24. The summed E-state index contributed by atoms with van der Waals surface area (Å²) in [6.45, 7) is 0. The highest BCUT2D eigenvalue weighted by Gasteiger charge is 2.19. The highest BCUT2D eigenvalue weighted by molar-refractivity contribution is 9.11. The van der Waals surface area contributed by atoms with E-state index in [4.69, 9.17) is 11.6 Å². The Balaban J connectivity index is 2.32. The van der Waals surface area contributed by atoms with E-state index in [0.717, 1.165) is 11.3 Å². The number of nitrogens with one attached hydrogen (secondary N) is 2. The zero-order valence-electron chi connectivity index (χ0n) is 7.57. The number of sulfonamides is 1. The van der Waals surface area contributed by atoms with Crippen molar-refractivity contribution in [1.29, 1.82) is 0 Å². The van der Waals surface area contributed by atoms with Gasteiger partial charge in [0.05, 0.1) is 8.81 Å². The first-order chi connectivity index (χ1) is 7.49. The van der Waals surface area contributed by atoms with E-state index >= 15 is 0 Å². The molecule has 0 aliphatic rings. The average Bonchev–Trinajstić information content (AvgIpc) is 2.78. The summed E-state index contributed by atoms with van der Waals surface area (Å²) in [7, 11) is -3.62. The molecule has 2 aromatic heterocycles. The molecule has 2 aromatic rings. The summed E-state index contributed by atoms with van der Waals surface area (Å²) in [4.78, 5) is 6.41. The Bertz CT molecular complexity index is 574. The smallest absolute Gasteiger partial charge is 0.273 e. The van der Waals surface area contributed by atoms with Crippen LogP contribution in [0.25, 0.3) is 0 Å². The third-order valence-electron chi connectivity index (χ3n) is 1.62. The monoisotopic (exact) mass is 341 g/mol. The van der Waals surface area contributed by atoms with E-state index in [9.17, 15) is 8.42 Å². The van der Waals surface area contributed by atoms with Gasteiger partial charge in [-0.3, -0.25) is 0 Å². The summed E-state index contributed by atoms with van der Waals surface area (Å²) in [5.74, 6) is 0.167. The summed E-state index contributed by atoms with van der Waals surface area (Å²) in [5, 5.41) is 0.366. The van der Waals surface area contributed by atoms with Crippen LogP contribution in [-0.4, -0.2) is 18.4 Å². The Morgan fingerprint density at radius 1 is 1.56 bits per heavy atom. The molecule has 0 spiro atoms. The molecular weight excluding hydrogens is 338 g/mol. The minimum absolute atomic E-state index is 0.126. The van der Waals surface area contributed by atoms with Gasteiger partial charge in [0, 0.05) is 12.4 Å². The molecule has 86 valence electrons. The lowest BCUT2D eigenvalue weighted by Crippen LogP contribution is -2.12. The van der Waals surface area contributed by atoms with E-state index in [0.29, 0.717) is 8.81 Å². The molecule has 0 radical (unpaired) electrons. The van der Waals surface area contributed by atoms with Crippen molar-refractivity contribution in [2.24, 2.45) is 0 Å². The molecular formula is C7H5BrClN3O2S2. The van der Waals surface area contributed by atoms with E-state index in [-0.39, 0.29) is 10.2 Å². The van der Waals surface area contributed by atoms with Crippen LogP contribution in [0.2, 0.25) is 5.02 Å². The van der Waals surface area contributed by atoms with Gasteiger partial charge in [0.2, 0.25) is 5.95 Å². The Morgan fingerprint density at radius 2 is 2.31 bits per heavy atom. The number of H-pyrrole nitrogens is 1. The van der Waals surface area contributed by atoms with E-state index in [2.05, 4.69) is 30.6 Å². The van der Waals surface area contributed by atoms with Crippen molar-refractivity contribution < 1.29 is 8.42 Å². The van der Waals surface area contributed by atoms with Gasteiger partial charge in [0.25, 0.3) is 10.0 Å². The van der Waals surface area contributed by atoms with Gasteiger partial charge in [-0.1, -0.05) is 11.6 Å². The second-order valence-electron chi connectivity index (χ2n) is 2.73. The SMILES string of the molecule is O=S(=O)(Nc1ncc[nH]1)c1cc(Cl)c(Br)s1. The van der Waals surface area contributed by atoms with Crippen LogP contribution in [0.3, 0.4) is 0 Å². The molecule has 0 amide bonds. The molecule has 0 saturated heterocycles. The van der Waals surface area contributed by atoms with Gasteiger partial charge < -0.3 is 4.98 Å². The van der Waals surface area contributed by atoms with Gasteiger partial charge >= 0.3 is 0 Å². The summed E-state index contributed by atoms with van der Waals surface area (Å²) in [6, 6.07) is 1.38. The third kappa shape index (κ3) is 2.40. The van der Waals surface area contributed by atoms with Crippen LogP contribution in [-0.2, 0) is 10.0 Å². The van der Waals surface area contributed by atoms with E-state index in [1.807, 2.05) is 0 Å². The predicted octanol–water partition coefficient (Wildman–Crippen LogP) is 2.69. The first-order valence-electron chi connectivity index (χ1n) is 3.96. The number of anilines is 1. The molecule has 9 heteroatoms.